The SMILES string of the molecule is CN1CCN(c2cccc(NC(=O)Nc3csc(-c4ccncn4)n3)n2)CC1. The highest BCUT2D eigenvalue weighted by Crippen LogP contribution is 2.23. The van der Waals surface area contributed by atoms with E-state index in [0.29, 0.717) is 16.6 Å². The van der Waals surface area contributed by atoms with Crippen molar-refractivity contribution in [2.75, 3.05) is 48.8 Å². The van der Waals surface area contributed by atoms with Crippen molar-refractivity contribution in [3.05, 3.63) is 42.2 Å². The van der Waals surface area contributed by atoms with Gasteiger partial charge in [0, 0.05) is 37.8 Å². The van der Waals surface area contributed by atoms with Crippen molar-refractivity contribution in [1.29, 1.82) is 0 Å². The third-order valence-electron chi connectivity index (χ3n) is 4.35. The van der Waals surface area contributed by atoms with Gasteiger partial charge >= 0.3 is 6.03 Å². The molecule has 28 heavy (non-hydrogen) atoms. The van der Waals surface area contributed by atoms with Gasteiger partial charge in [0.2, 0.25) is 0 Å². The Morgan fingerprint density at radius 3 is 2.68 bits per heavy atom. The summed E-state index contributed by atoms with van der Waals surface area (Å²) in [6.45, 7) is 3.84. The van der Waals surface area contributed by atoms with Crippen LogP contribution in [0.25, 0.3) is 10.7 Å². The van der Waals surface area contributed by atoms with Crippen molar-refractivity contribution in [1.82, 2.24) is 24.8 Å². The van der Waals surface area contributed by atoms with E-state index in [2.05, 4.69) is 47.4 Å². The maximum Gasteiger partial charge on any atom is 0.326 e. The largest absolute Gasteiger partial charge is 0.354 e. The number of piperazine rings is 1. The fraction of sp³-hybridized carbons (Fsp3) is 0.278. The van der Waals surface area contributed by atoms with Gasteiger partial charge in [-0.1, -0.05) is 6.07 Å². The fourth-order valence-corrected chi connectivity index (χ4v) is 3.56. The maximum atomic E-state index is 12.3. The van der Waals surface area contributed by atoms with Gasteiger partial charge < -0.3 is 9.80 Å². The van der Waals surface area contributed by atoms with Crippen LogP contribution < -0.4 is 15.5 Å². The smallest absolute Gasteiger partial charge is 0.326 e. The number of thiazole rings is 1. The molecule has 1 fully saturated rings. The Morgan fingerprint density at radius 2 is 1.89 bits per heavy atom. The third-order valence-corrected chi connectivity index (χ3v) is 5.21. The molecule has 1 aliphatic rings. The van der Waals surface area contributed by atoms with Gasteiger partial charge in [0.25, 0.3) is 0 Å². The molecule has 1 aliphatic heterocycles. The number of aromatic nitrogens is 4. The van der Waals surface area contributed by atoms with Gasteiger partial charge in [0.1, 0.15) is 34.5 Å². The van der Waals surface area contributed by atoms with E-state index in [4.69, 9.17) is 0 Å². The second-order valence-electron chi connectivity index (χ2n) is 6.38. The Labute approximate surface area is 166 Å². The van der Waals surface area contributed by atoms with Crippen LogP contribution >= 0.6 is 11.3 Å². The number of anilines is 3. The van der Waals surface area contributed by atoms with Crippen LogP contribution in [0.5, 0.6) is 0 Å². The molecular weight excluding hydrogens is 376 g/mol. The van der Waals surface area contributed by atoms with Gasteiger partial charge in [-0.2, -0.15) is 0 Å². The molecule has 0 saturated carbocycles. The van der Waals surface area contributed by atoms with E-state index in [-0.39, 0.29) is 6.03 Å². The summed E-state index contributed by atoms with van der Waals surface area (Å²) in [5.41, 5.74) is 0.718. The lowest BCUT2D eigenvalue weighted by Gasteiger charge is -2.33. The molecule has 0 bridgehead atoms. The standard InChI is InChI=1S/C18H20N8OS/c1-25-7-9-26(10-8-25)16-4-2-3-14(21-16)23-18(27)24-15-11-28-17(22-15)13-5-6-19-12-20-13/h2-6,11-12H,7-10H2,1H3,(H2,21,23,24,27). The molecule has 144 valence electrons. The van der Waals surface area contributed by atoms with Gasteiger partial charge in [0.05, 0.1) is 0 Å². The van der Waals surface area contributed by atoms with E-state index in [1.54, 1.807) is 23.7 Å². The minimum absolute atomic E-state index is 0.387. The van der Waals surface area contributed by atoms with Gasteiger partial charge in [0.15, 0.2) is 0 Å². The molecule has 4 rings (SSSR count). The highest BCUT2D eigenvalue weighted by molar-refractivity contribution is 7.13. The Hall–Kier alpha value is -3.11. The predicted molar refractivity (Wildman–Crippen MR) is 110 cm³/mol. The number of nitrogens with one attached hydrogen (secondary N) is 2. The zero-order chi connectivity index (χ0) is 19.3. The molecule has 1 saturated heterocycles. The van der Waals surface area contributed by atoms with E-state index in [1.807, 2.05) is 12.1 Å². The van der Waals surface area contributed by atoms with Crippen LogP contribution in [0, 0.1) is 0 Å². The first-order chi connectivity index (χ1) is 13.7. The monoisotopic (exact) mass is 396 g/mol. The molecule has 0 aliphatic carbocycles. The zero-order valence-corrected chi connectivity index (χ0v) is 16.2. The molecule has 3 aromatic rings. The molecule has 2 amide bonds. The first-order valence-corrected chi connectivity index (χ1v) is 9.76. The van der Waals surface area contributed by atoms with Crippen LogP contribution in [0.1, 0.15) is 0 Å². The van der Waals surface area contributed by atoms with Crippen molar-refractivity contribution in [2.24, 2.45) is 0 Å². The molecule has 9 nitrogen and oxygen atoms in total. The lowest BCUT2D eigenvalue weighted by molar-refractivity contribution is 0.262. The average molecular weight is 396 g/mol. The van der Waals surface area contributed by atoms with Crippen LogP contribution in [0.4, 0.5) is 22.2 Å². The molecule has 4 heterocycles. The van der Waals surface area contributed by atoms with Gasteiger partial charge in [-0.15, -0.1) is 11.3 Å². The highest BCUT2D eigenvalue weighted by atomic mass is 32.1. The summed E-state index contributed by atoms with van der Waals surface area (Å²) < 4.78 is 0. The van der Waals surface area contributed by atoms with Crippen molar-refractivity contribution >= 4 is 34.8 Å². The number of carbonyl (C=O) groups excluding carboxylic acids is 1. The van der Waals surface area contributed by atoms with Crippen LogP contribution in [0.3, 0.4) is 0 Å². The quantitative estimate of drug-likeness (QED) is 0.698. The van der Waals surface area contributed by atoms with Crippen LogP contribution in [-0.4, -0.2) is 64.1 Å². The minimum Gasteiger partial charge on any atom is -0.354 e. The van der Waals surface area contributed by atoms with Crippen LogP contribution in [0.2, 0.25) is 0 Å². The average Bonchev–Trinajstić information content (AvgIpc) is 3.18. The van der Waals surface area contributed by atoms with E-state index in [0.717, 1.165) is 37.7 Å². The summed E-state index contributed by atoms with van der Waals surface area (Å²) in [7, 11) is 2.11. The number of urea groups is 1. The molecule has 3 aromatic heterocycles. The normalized spacial score (nSPS) is 14.7. The second-order valence-corrected chi connectivity index (χ2v) is 7.24. The number of rotatable bonds is 4. The Morgan fingerprint density at radius 1 is 1.07 bits per heavy atom. The Kier molecular flexibility index (Phi) is 5.40. The number of hydrogen-bond donors (Lipinski definition) is 2. The molecule has 10 heteroatoms. The maximum absolute atomic E-state index is 12.3. The number of likely N-dealkylation sites (N-methyl/N-ethyl adjacent to an activating group) is 1. The number of pyridine rings is 1. The number of carbonyl (C=O) groups is 1. The third kappa shape index (κ3) is 4.41. The Bertz CT molecular complexity index is 940. The lowest BCUT2D eigenvalue weighted by Crippen LogP contribution is -2.44. The van der Waals surface area contributed by atoms with Crippen molar-refractivity contribution in [3.63, 3.8) is 0 Å². The van der Waals surface area contributed by atoms with Gasteiger partial charge in [-0.3, -0.25) is 10.6 Å². The topological polar surface area (TPSA) is 99.2 Å². The van der Waals surface area contributed by atoms with Gasteiger partial charge in [-0.25, -0.2) is 24.7 Å². The molecule has 0 spiro atoms. The van der Waals surface area contributed by atoms with E-state index in [9.17, 15) is 4.79 Å². The molecular formula is C18H20N8OS. The Balaban J connectivity index is 1.38. The van der Waals surface area contributed by atoms with Crippen LogP contribution in [0.15, 0.2) is 42.2 Å². The highest BCUT2D eigenvalue weighted by Gasteiger charge is 2.16. The summed E-state index contributed by atoms with van der Waals surface area (Å²) >= 11 is 1.40. The fourth-order valence-electron chi connectivity index (χ4n) is 2.83. The first-order valence-electron chi connectivity index (χ1n) is 8.88. The van der Waals surface area contributed by atoms with Crippen molar-refractivity contribution < 1.29 is 4.79 Å². The minimum atomic E-state index is -0.387. The molecule has 0 atom stereocenters. The van der Waals surface area contributed by atoms with Crippen LogP contribution in [-0.2, 0) is 0 Å². The number of amides is 2. The summed E-state index contributed by atoms with van der Waals surface area (Å²) in [6.07, 6.45) is 3.12. The van der Waals surface area contributed by atoms with Crippen molar-refractivity contribution in [2.45, 2.75) is 0 Å². The summed E-state index contributed by atoms with van der Waals surface area (Å²) in [4.78, 5) is 33.8. The molecule has 0 radical (unpaired) electrons. The summed E-state index contributed by atoms with van der Waals surface area (Å²) in [6, 6.07) is 7.01. The van der Waals surface area contributed by atoms with E-state index < -0.39 is 0 Å². The number of nitrogens with zero attached hydrogens (tertiary/aromatic N) is 6. The first kappa shape index (κ1) is 18.3. The molecule has 2 N–H and O–H groups in total. The zero-order valence-electron chi connectivity index (χ0n) is 15.4. The van der Waals surface area contributed by atoms with E-state index >= 15 is 0 Å². The van der Waals surface area contributed by atoms with Crippen molar-refractivity contribution in [3.8, 4) is 10.7 Å². The summed E-state index contributed by atoms with van der Waals surface area (Å²) in [5.74, 6) is 1.83. The molecule has 0 aromatic carbocycles. The second kappa shape index (κ2) is 8.28. The lowest BCUT2D eigenvalue weighted by atomic mass is 10.3. The molecule has 0 unspecified atom stereocenters. The number of hydrogen-bond acceptors (Lipinski definition) is 8. The predicted octanol–water partition coefficient (Wildman–Crippen LogP) is 2.39. The van der Waals surface area contributed by atoms with Gasteiger partial charge in [-0.05, 0) is 25.2 Å². The summed E-state index contributed by atoms with van der Waals surface area (Å²) in [5, 5.41) is 7.98. The van der Waals surface area contributed by atoms with E-state index in [1.165, 1.54) is 17.7 Å².